The van der Waals surface area contributed by atoms with Gasteiger partial charge in [-0.05, 0) is 0 Å². The van der Waals surface area contributed by atoms with E-state index in [9.17, 15) is 4.79 Å². The first-order valence-corrected chi connectivity index (χ1v) is 2.00. The summed E-state index contributed by atoms with van der Waals surface area (Å²) in [6.07, 6.45) is 0. The number of carbonyl (C=O) groups excluding carboxylic acids is 1. The van der Waals surface area contributed by atoms with E-state index in [1.165, 1.54) is 7.11 Å². The van der Waals surface area contributed by atoms with Gasteiger partial charge < -0.3 is 10.1 Å². The van der Waals surface area contributed by atoms with Crippen molar-refractivity contribution in [2.45, 2.75) is 0 Å². The summed E-state index contributed by atoms with van der Waals surface area (Å²) >= 11 is 0. The van der Waals surface area contributed by atoms with Crippen molar-refractivity contribution in [3.05, 3.63) is 0 Å². The van der Waals surface area contributed by atoms with Crippen molar-refractivity contribution in [3.63, 3.8) is 0 Å². The highest BCUT2D eigenvalue weighted by Crippen LogP contribution is 1.62. The molecule has 48 valence electrons. The Hall–Kier alpha value is -0.570. The zero-order chi connectivity index (χ0) is 5.70. The standard InChI is InChI=1S/C4H9NO2.3H2/c1-5-4(6)3-7-2;;;/h3H2,1-2H3,(H,5,6);3*1H. The first-order valence-electron chi connectivity index (χ1n) is 2.00. The lowest BCUT2D eigenvalue weighted by Gasteiger charge is -1.92. The molecule has 0 aromatic heterocycles. The van der Waals surface area contributed by atoms with Gasteiger partial charge in [0.05, 0.1) is 0 Å². The Bertz CT molecular complexity index is 71.5. The SMILES string of the molecule is CNC(=O)COC.[HH].[HH].[HH]. The van der Waals surface area contributed by atoms with Crippen LogP contribution in [-0.2, 0) is 9.53 Å². The van der Waals surface area contributed by atoms with Crippen LogP contribution in [0.5, 0.6) is 0 Å². The van der Waals surface area contributed by atoms with Crippen LogP contribution < -0.4 is 5.32 Å². The Morgan fingerprint density at radius 3 is 2.71 bits per heavy atom. The van der Waals surface area contributed by atoms with Gasteiger partial charge in [0.15, 0.2) is 0 Å². The van der Waals surface area contributed by atoms with E-state index in [2.05, 4.69) is 10.1 Å². The van der Waals surface area contributed by atoms with Crippen molar-refractivity contribution >= 4 is 5.91 Å². The van der Waals surface area contributed by atoms with E-state index >= 15 is 0 Å². The highest BCUT2D eigenvalue weighted by Gasteiger charge is 1.90. The molecule has 1 N–H and O–H groups in total. The summed E-state index contributed by atoms with van der Waals surface area (Å²) in [5, 5.41) is 2.40. The highest BCUT2D eigenvalue weighted by molar-refractivity contribution is 5.76. The molecule has 0 aromatic rings. The van der Waals surface area contributed by atoms with Crippen LogP contribution in [0.25, 0.3) is 0 Å². The van der Waals surface area contributed by atoms with E-state index in [-0.39, 0.29) is 16.8 Å². The van der Waals surface area contributed by atoms with Crippen LogP contribution in [0.3, 0.4) is 0 Å². The van der Waals surface area contributed by atoms with Crippen LogP contribution in [-0.4, -0.2) is 26.7 Å². The first kappa shape index (κ1) is 6.43. The lowest BCUT2D eigenvalue weighted by molar-refractivity contribution is -0.124. The summed E-state index contributed by atoms with van der Waals surface area (Å²) in [5.74, 6) is -0.0949. The molecule has 0 aromatic carbocycles. The molecule has 0 aliphatic heterocycles. The normalized spacial score (nSPS) is 8.29. The van der Waals surface area contributed by atoms with E-state index in [4.69, 9.17) is 0 Å². The van der Waals surface area contributed by atoms with Gasteiger partial charge >= 0.3 is 0 Å². The number of carbonyl (C=O) groups is 1. The first-order chi connectivity index (χ1) is 3.31. The van der Waals surface area contributed by atoms with E-state index in [0.29, 0.717) is 0 Å². The molecule has 0 aliphatic carbocycles. The number of ether oxygens (including phenoxy) is 1. The van der Waals surface area contributed by atoms with Crippen LogP contribution in [0.2, 0.25) is 0 Å². The molecular weight excluding hydrogens is 94.0 g/mol. The van der Waals surface area contributed by atoms with Crippen molar-refractivity contribution in [3.8, 4) is 0 Å². The van der Waals surface area contributed by atoms with Crippen molar-refractivity contribution < 1.29 is 13.8 Å². The molecule has 0 fully saturated rings. The van der Waals surface area contributed by atoms with Gasteiger partial charge in [-0.3, -0.25) is 4.79 Å². The largest absolute Gasteiger partial charge is 0.375 e. The summed E-state index contributed by atoms with van der Waals surface area (Å²) < 4.78 is 4.48. The van der Waals surface area contributed by atoms with Crippen molar-refractivity contribution in [2.75, 3.05) is 20.8 Å². The van der Waals surface area contributed by atoms with Crippen molar-refractivity contribution in [1.82, 2.24) is 5.32 Å². The van der Waals surface area contributed by atoms with Crippen LogP contribution in [0.1, 0.15) is 4.28 Å². The zero-order valence-electron chi connectivity index (χ0n) is 4.52. The minimum absolute atomic E-state index is 0. The number of methoxy groups -OCH3 is 1. The van der Waals surface area contributed by atoms with Gasteiger partial charge in [0, 0.05) is 18.4 Å². The van der Waals surface area contributed by atoms with E-state index in [0.717, 1.165) is 0 Å². The Kier molecular flexibility index (Phi) is 3.32. The lowest BCUT2D eigenvalue weighted by atomic mass is 10.7. The quantitative estimate of drug-likeness (QED) is 0.547. The van der Waals surface area contributed by atoms with Crippen LogP contribution in [0.15, 0.2) is 0 Å². The average Bonchev–Trinajstić information content (AvgIpc) is 1.68. The zero-order valence-corrected chi connectivity index (χ0v) is 4.52. The second kappa shape index (κ2) is 3.61. The maximum atomic E-state index is 10.2. The second-order valence-corrected chi connectivity index (χ2v) is 1.11. The number of amides is 1. The fourth-order valence-electron chi connectivity index (χ4n) is 0.203. The maximum Gasteiger partial charge on any atom is 0.245 e. The summed E-state index contributed by atoms with van der Waals surface area (Å²) in [4.78, 5) is 10.2. The minimum atomic E-state index is -0.0949. The van der Waals surface area contributed by atoms with Gasteiger partial charge in [0.2, 0.25) is 5.91 Å². The molecular formula is C4H15NO2. The molecule has 7 heavy (non-hydrogen) atoms. The maximum absolute atomic E-state index is 10.2. The Morgan fingerprint density at radius 1 is 2.00 bits per heavy atom. The predicted molar refractivity (Wildman–Crippen MR) is 32.3 cm³/mol. The van der Waals surface area contributed by atoms with Gasteiger partial charge in [0.25, 0.3) is 0 Å². The van der Waals surface area contributed by atoms with Gasteiger partial charge in [-0.2, -0.15) is 0 Å². The Balaban J connectivity index is -0.0000000600. The molecule has 3 heteroatoms. The van der Waals surface area contributed by atoms with Gasteiger partial charge in [-0.25, -0.2) is 0 Å². The summed E-state index contributed by atoms with van der Waals surface area (Å²) in [6.45, 7) is 0.149. The van der Waals surface area contributed by atoms with Crippen LogP contribution in [0.4, 0.5) is 0 Å². The fourth-order valence-corrected chi connectivity index (χ4v) is 0.203. The van der Waals surface area contributed by atoms with E-state index in [1.54, 1.807) is 7.05 Å². The topological polar surface area (TPSA) is 38.3 Å². The summed E-state index contributed by atoms with van der Waals surface area (Å²) in [6, 6.07) is 0. The smallest absolute Gasteiger partial charge is 0.245 e. The molecule has 0 heterocycles. The van der Waals surface area contributed by atoms with Gasteiger partial charge in [-0.15, -0.1) is 0 Å². The van der Waals surface area contributed by atoms with Crippen LogP contribution in [0, 0.1) is 0 Å². The molecule has 0 atom stereocenters. The number of hydrogen-bond acceptors (Lipinski definition) is 2. The molecule has 0 spiro atoms. The molecule has 0 saturated carbocycles. The highest BCUT2D eigenvalue weighted by atomic mass is 16.5. The predicted octanol–water partition coefficient (Wildman–Crippen LogP) is 0.117. The number of hydrogen-bond donors (Lipinski definition) is 1. The fraction of sp³-hybridized carbons (Fsp3) is 0.750. The molecule has 0 bridgehead atoms. The summed E-state index contributed by atoms with van der Waals surface area (Å²) in [5.41, 5.74) is 0. The van der Waals surface area contributed by atoms with E-state index < -0.39 is 0 Å². The van der Waals surface area contributed by atoms with Crippen LogP contribution >= 0.6 is 0 Å². The number of nitrogens with one attached hydrogen (secondary N) is 1. The molecule has 1 amide bonds. The van der Waals surface area contributed by atoms with Gasteiger partial charge in [-0.1, -0.05) is 0 Å². The van der Waals surface area contributed by atoms with Crippen molar-refractivity contribution in [2.24, 2.45) is 0 Å². The number of likely N-dealkylation sites (N-methyl/N-ethyl adjacent to an activating group) is 1. The lowest BCUT2D eigenvalue weighted by Crippen LogP contribution is -2.22. The summed E-state index contributed by atoms with van der Waals surface area (Å²) in [7, 11) is 3.05. The van der Waals surface area contributed by atoms with Gasteiger partial charge in [0.1, 0.15) is 6.61 Å². The minimum Gasteiger partial charge on any atom is -0.375 e. The molecule has 0 aliphatic rings. The third-order valence-electron chi connectivity index (χ3n) is 0.554. The molecule has 0 saturated heterocycles. The third-order valence-corrected chi connectivity index (χ3v) is 0.554. The third kappa shape index (κ3) is 3.26. The second-order valence-electron chi connectivity index (χ2n) is 1.11. The monoisotopic (exact) mass is 109 g/mol. The average molecular weight is 109 g/mol. The molecule has 0 rings (SSSR count). The van der Waals surface area contributed by atoms with E-state index in [1.807, 2.05) is 0 Å². The molecule has 0 unspecified atom stereocenters. The molecule has 3 nitrogen and oxygen atoms in total. The molecule has 0 radical (unpaired) electrons. The number of rotatable bonds is 2. The Morgan fingerprint density at radius 2 is 2.57 bits per heavy atom. The Labute approximate surface area is 47.1 Å². The van der Waals surface area contributed by atoms with Crippen molar-refractivity contribution in [1.29, 1.82) is 0 Å².